The van der Waals surface area contributed by atoms with Gasteiger partial charge in [-0.1, -0.05) is 24.3 Å². The summed E-state index contributed by atoms with van der Waals surface area (Å²) in [6.45, 7) is 1.44. The first-order valence-electron chi connectivity index (χ1n) is 6.56. The standard InChI is InChI=1S/C15H14N2O2/c18-9-5-12-14(13(19)6-9)10-3-1-2-4-11(10)15(12)7-16-8-17-15/h1-4,16-17H,5-8H2. The van der Waals surface area contributed by atoms with Crippen molar-refractivity contribution in [2.45, 2.75) is 18.4 Å². The molecule has 4 rings (SSSR count). The van der Waals surface area contributed by atoms with E-state index < -0.39 is 0 Å². The summed E-state index contributed by atoms with van der Waals surface area (Å²) >= 11 is 0. The smallest absolute Gasteiger partial charge is 0.170 e. The average Bonchev–Trinajstić information content (AvgIpc) is 2.97. The third kappa shape index (κ3) is 1.30. The van der Waals surface area contributed by atoms with Gasteiger partial charge in [0.2, 0.25) is 0 Å². The maximum atomic E-state index is 12.3. The SMILES string of the molecule is O=C1CC(=O)C2=C(C1)C1(CNCN1)c1ccccc12. The van der Waals surface area contributed by atoms with Crippen molar-refractivity contribution < 1.29 is 9.59 Å². The second-order valence-corrected chi connectivity index (χ2v) is 5.40. The molecule has 1 unspecified atom stereocenters. The number of hydrogen-bond donors (Lipinski definition) is 2. The highest BCUT2D eigenvalue weighted by atomic mass is 16.1. The molecule has 1 aromatic rings. The Hall–Kier alpha value is -1.78. The summed E-state index contributed by atoms with van der Waals surface area (Å²) in [6.07, 6.45) is 0.446. The van der Waals surface area contributed by atoms with Crippen molar-refractivity contribution in [2.24, 2.45) is 0 Å². The average molecular weight is 254 g/mol. The number of rotatable bonds is 0. The second-order valence-electron chi connectivity index (χ2n) is 5.40. The summed E-state index contributed by atoms with van der Waals surface area (Å²) < 4.78 is 0. The van der Waals surface area contributed by atoms with E-state index in [-0.39, 0.29) is 23.5 Å². The molecule has 1 heterocycles. The zero-order valence-corrected chi connectivity index (χ0v) is 10.5. The van der Waals surface area contributed by atoms with Crippen LogP contribution in [-0.2, 0) is 15.1 Å². The Morgan fingerprint density at radius 2 is 1.95 bits per heavy atom. The fourth-order valence-corrected chi connectivity index (χ4v) is 3.63. The molecule has 1 aromatic carbocycles. The normalized spacial score (nSPS) is 29.1. The van der Waals surface area contributed by atoms with Crippen molar-refractivity contribution in [1.29, 1.82) is 0 Å². The van der Waals surface area contributed by atoms with E-state index in [9.17, 15) is 9.59 Å². The van der Waals surface area contributed by atoms with Crippen LogP contribution in [0.2, 0.25) is 0 Å². The molecular formula is C15H14N2O2. The minimum absolute atomic E-state index is 0.0238. The third-order valence-electron chi connectivity index (χ3n) is 4.39. The minimum Gasteiger partial charge on any atom is -0.302 e. The zero-order valence-electron chi connectivity index (χ0n) is 10.5. The van der Waals surface area contributed by atoms with Gasteiger partial charge in [-0.2, -0.15) is 0 Å². The Kier molecular flexibility index (Phi) is 2.11. The van der Waals surface area contributed by atoms with Gasteiger partial charge in [0.15, 0.2) is 5.78 Å². The maximum absolute atomic E-state index is 12.3. The minimum atomic E-state index is -0.350. The molecule has 1 spiro atoms. The van der Waals surface area contributed by atoms with Crippen LogP contribution in [0.4, 0.5) is 0 Å². The third-order valence-corrected chi connectivity index (χ3v) is 4.39. The van der Waals surface area contributed by atoms with E-state index in [1.165, 1.54) is 0 Å². The van der Waals surface area contributed by atoms with E-state index in [0.717, 1.165) is 28.8 Å². The van der Waals surface area contributed by atoms with Gasteiger partial charge < -0.3 is 5.32 Å². The molecule has 0 aromatic heterocycles. The molecule has 2 aliphatic carbocycles. The lowest BCUT2D eigenvalue weighted by atomic mass is 9.81. The summed E-state index contributed by atoms with van der Waals surface area (Å²) in [5.41, 5.74) is 3.54. The van der Waals surface area contributed by atoms with Crippen LogP contribution in [0, 0.1) is 0 Å². The molecule has 1 saturated heterocycles. The van der Waals surface area contributed by atoms with Crippen molar-refractivity contribution in [1.82, 2.24) is 10.6 Å². The lowest BCUT2D eigenvalue weighted by Gasteiger charge is -2.29. The Balaban J connectivity index is 2.02. The number of benzene rings is 1. The fraction of sp³-hybridized carbons (Fsp3) is 0.333. The molecule has 0 amide bonds. The van der Waals surface area contributed by atoms with Gasteiger partial charge in [0.05, 0.1) is 12.0 Å². The molecular weight excluding hydrogens is 240 g/mol. The van der Waals surface area contributed by atoms with Gasteiger partial charge in [-0.15, -0.1) is 0 Å². The van der Waals surface area contributed by atoms with Crippen LogP contribution >= 0.6 is 0 Å². The molecule has 0 saturated carbocycles. The van der Waals surface area contributed by atoms with Gasteiger partial charge in [-0.05, 0) is 16.7 Å². The molecule has 0 radical (unpaired) electrons. The maximum Gasteiger partial charge on any atom is 0.170 e. The highest BCUT2D eigenvalue weighted by Gasteiger charge is 2.50. The van der Waals surface area contributed by atoms with Crippen molar-refractivity contribution in [3.05, 3.63) is 41.0 Å². The van der Waals surface area contributed by atoms with E-state index in [0.29, 0.717) is 13.1 Å². The Morgan fingerprint density at radius 3 is 2.74 bits per heavy atom. The van der Waals surface area contributed by atoms with Crippen LogP contribution in [0.25, 0.3) is 5.57 Å². The number of hydrogen-bond acceptors (Lipinski definition) is 4. The molecule has 1 fully saturated rings. The largest absolute Gasteiger partial charge is 0.302 e. The van der Waals surface area contributed by atoms with Crippen LogP contribution in [0.15, 0.2) is 29.8 Å². The van der Waals surface area contributed by atoms with Crippen molar-refractivity contribution in [3.8, 4) is 0 Å². The zero-order chi connectivity index (χ0) is 13.0. The van der Waals surface area contributed by atoms with Crippen molar-refractivity contribution >= 4 is 17.1 Å². The van der Waals surface area contributed by atoms with Gasteiger partial charge in [0.1, 0.15) is 5.78 Å². The van der Waals surface area contributed by atoms with Crippen LogP contribution in [0.3, 0.4) is 0 Å². The van der Waals surface area contributed by atoms with Crippen LogP contribution in [-0.4, -0.2) is 24.8 Å². The number of nitrogens with one attached hydrogen (secondary N) is 2. The summed E-state index contributed by atoms with van der Waals surface area (Å²) in [5, 5.41) is 6.75. The van der Waals surface area contributed by atoms with Gasteiger partial charge in [0.25, 0.3) is 0 Å². The molecule has 2 N–H and O–H groups in total. The summed E-state index contributed by atoms with van der Waals surface area (Å²) in [6, 6.07) is 8.00. The van der Waals surface area contributed by atoms with E-state index in [4.69, 9.17) is 0 Å². The Labute approximate surface area is 110 Å². The summed E-state index contributed by atoms with van der Waals surface area (Å²) in [5.74, 6) is 0.00825. The molecule has 19 heavy (non-hydrogen) atoms. The van der Waals surface area contributed by atoms with Crippen molar-refractivity contribution in [3.63, 3.8) is 0 Å². The lowest BCUT2D eigenvalue weighted by molar-refractivity contribution is -0.124. The molecule has 4 heteroatoms. The van der Waals surface area contributed by atoms with Crippen LogP contribution < -0.4 is 10.6 Å². The highest BCUT2D eigenvalue weighted by molar-refractivity contribution is 6.31. The van der Waals surface area contributed by atoms with Crippen molar-refractivity contribution in [2.75, 3.05) is 13.2 Å². The second kappa shape index (κ2) is 3.62. The number of ketones is 2. The van der Waals surface area contributed by atoms with Gasteiger partial charge in [-0.3, -0.25) is 14.9 Å². The van der Waals surface area contributed by atoms with E-state index in [2.05, 4.69) is 16.7 Å². The van der Waals surface area contributed by atoms with Crippen LogP contribution in [0.5, 0.6) is 0 Å². The number of carbonyl (C=O) groups excluding carboxylic acids is 2. The van der Waals surface area contributed by atoms with E-state index in [1.54, 1.807) is 0 Å². The predicted molar refractivity (Wildman–Crippen MR) is 70.3 cm³/mol. The molecule has 1 atom stereocenters. The summed E-state index contributed by atoms with van der Waals surface area (Å²) in [7, 11) is 0. The number of carbonyl (C=O) groups is 2. The lowest BCUT2D eigenvalue weighted by Crippen LogP contribution is -2.41. The first-order valence-corrected chi connectivity index (χ1v) is 6.56. The number of Topliss-reactive ketones (excluding diaryl/α,β-unsaturated/α-hetero) is 2. The van der Waals surface area contributed by atoms with Crippen LogP contribution in [0.1, 0.15) is 24.0 Å². The predicted octanol–water partition coefficient (Wildman–Crippen LogP) is 0.731. The molecule has 3 aliphatic rings. The molecule has 96 valence electrons. The number of fused-ring (bicyclic) bond motifs is 4. The Morgan fingerprint density at radius 1 is 1.11 bits per heavy atom. The molecule has 0 bridgehead atoms. The first-order chi connectivity index (χ1) is 9.22. The van der Waals surface area contributed by atoms with Gasteiger partial charge >= 0.3 is 0 Å². The van der Waals surface area contributed by atoms with E-state index >= 15 is 0 Å². The van der Waals surface area contributed by atoms with Gasteiger partial charge in [0, 0.05) is 25.2 Å². The first kappa shape index (κ1) is 11.1. The molecule has 4 nitrogen and oxygen atoms in total. The monoisotopic (exact) mass is 254 g/mol. The quantitative estimate of drug-likeness (QED) is 0.670. The van der Waals surface area contributed by atoms with Gasteiger partial charge in [-0.25, -0.2) is 0 Å². The fourth-order valence-electron chi connectivity index (χ4n) is 3.63. The summed E-state index contributed by atoms with van der Waals surface area (Å²) in [4.78, 5) is 24.1. The van der Waals surface area contributed by atoms with E-state index in [1.807, 2.05) is 18.2 Å². The highest BCUT2D eigenvalue weighted by Crippen LogP contribution is 2.49. The number of allylic oxidation sites excluding steroid dienone is 1. The molecule has 1 aliphatic heterocycles. The topological polar surface area (TPSA) is 58.2 Å². The Bertz CT molecular complexity index is 639.